The summed E-state index contributed by atoms with van der Waals surface area (Å²) >= 11 is 1.08. The Kier molecular flexibility index (Phi) is 4.17. The minimum Gasteiger partial charge on any atom is -0.858 e. The monoisotopic (exact) mass is 293 g/mol. The highest BCUT2D eigenvalue weighted by molar-refractivity contribution is 8.01. The molecule has 9 nitrogen and oxygen atoms in total. The quantitative estimate of drug-likeness (QED) is 0.193. The molecule has 1 aromatic carbocycles. The topological polar surface area (TPSA) is 138 Å². The van der Waals surface area contributed by atoms with Crippen LogP contribution in [0, 0.1) is 15.5 Å². The fraction of sp³-hybridized carbons (Fsp3) is 0. The van der Waals surface area contributed by atoms with Gasteiger partial charge in [-0.3, -0.25) is 15.5 Å². The Hall–Kier alpha value is -2.59. The average Bonchev–Trinajstić information content (AvgIpc) is 2.88. The maximum absolute atomic E-state index is 10.9. The van der Waals surface area contributed by atoms with E-state index in [-0.39, 0.29) is 11.4 Å². The lowest BCUT2D eigenvalue weighted by Crippen LogP contribution is -2.31. The van der Waals surface area contributed by atoms with E-state index in [2.05, 4.69) is 20.8 Å². The van der Waals surface area contributed by atoms with E-state index in [0.29, 0.717) is 10.6 Å². The van der Waals surface area contributed by atoms with Crippen molar-refractivity contribution in [3.05, 3.63) is 50.7 Å². The molecular formula is C10H9N6O3S-. The molecule has 0 atom stereocenters. The Bertz CT molecular complexity index is 598. The fourth-order valence-corrected chi connectivity index (χ4v) is 1.92. The largest absolute Gasteiger partial charge is 0.858 e. The second kappa shape index (κ2) is 6.04. The van der Waals surface area contributed by atoms with Gasteiger partial charge in [-0.25, -0.2) is 0 Å². The number of hydrazine groups is 1. The van der Waals surface area contributed by atoms with Crippen molar-refractivity contribution in [1.82, 2.24) is 15.7 Å². The number of benzene rings is 1. The van der Waals surface area contributed by atoms with Crippen molar-refractivity contribution < 1.29 is 10.0 Å². The minimum atomic E-state index is -0.865. The van der Waals surface area contributed by atoms with E-state index in [4.69, 9.17) is 5.41 Å². The number of rotatable bonds is 5. The minimum absolute atomic E-state index is 0.000319. The Morgan fingerprint density at radius 2 is 2.15 bits per heavy atom. The summed E-state index contributed by atoms with van der Waals surface area (Å²) in [6, 6.07) is 5.83. The van der Waals surface area contributed by atoms with Gasteiger partial charge in [0.2, 0.25) is 0 Å². The van der Waals surface area contributed by atoms with E-state index in [1.807, 2.05) is 0 Å². The predicted molar refractivity (Wildman–Crippen MR) is 72.4 cm³/mol. The molecule has 0 radical (unpaired) electrons. The van der Waals surface area contributed by atoms with Crippen LogP contribution in [-0.4, -0.2) is 17.0 Å². The molecule has 4 N–H and O–H groups in total. The van der Waals surface area contributed by atoms with Gasteiger partial charge in [0.15, 0.2) is 0 Å². The first-order chi connectivity index (χ1) is 9.58. The summed E-state index contributed by atoms with van der Waals surface area (Å²) in [5.41, 5.74) is 5.87. The predicted octanol–water partition coefficient (Wildman–Crippen LogP) is -0.219. The Balaban J connectivity index is 2.01. The van der Waals surface area contributed by atoms with Crippen molar-refractivity contribution in [1.29, 1.82) is 5.41 Å². The summed E-state index contributed by atoms with van der Waals surface area (Å²) < 4.78 is 0. The third-order valence-electron chi connectivity index (χ3n) is 2.27. The number of nitro groups is 1. The van der Waals surface area contributed by atoms with E-state index in [0.717, 1.165) is 11.9 Å². The molecule has 0 aromatic heterocycles. The van der Waals surface area contributed by atoms with Gasteiger partial charge in [-0.05, 0) is 29.6 Å². The molecule has 0 bridgehead atoms. The fourth-order valence-electron chi connectivity index (χ4n) is 1.32. The number of nitrogens with one attached hydrogen (secondary N) is 4. The van der Waals surface area contributed by atoms with Crippen molar-refractivity contribution in [2.75, 3.05) is 0 Å². The Labute approximate surface area is 117 Å². The number of hydrogen-bond donors (Lipinski definition) is 4. The van der Waals surface area contributed by atoms with Crippen molar-refractivity contribution >= 4 is 29.7 Å². The number of nitrogens with zero attached hydrogens (tertiary/aromatic N) is 2. The van der Waals surface area contributed by atoms with Crippen LogP contribution in [-0.2, 0) is 0 Å². The van der Waals surface area contributed by atoms with Crippen molar-refractivity contribution in [2.45, 2.75) is 0 Å². The summed E-state index contributed by atoms with van der Waals surface area (Å²) in [7, 11) is 0. The zero-order chi connectivity index (χ0) is 14.5. The maximum Gasteiger partial charge on any atom is 0.269 e. The highest BCUT2D eigenvalue weighted by atomic mass is 32.2. The zero-order valence-corrected chi connectivity index (χ0v) is 10.7. The van der Waals surface area contributed by atoms with Gasteiger partial charge in [0.25, 0.3) is 5.69 Å². The summed E-state index contributed by atoms with van der Waals surface area (Å²) in [5.74, 6) is -0.865. The molecule has 1 aliphatic heterocycles. The van der Waals surface area contributed by atoms with Crippen LogP contribution in [0.15, 0.2) is 40.1 Å². The van der Waals surface area contributed by atoms with Gasteiger partial charge in [0.1, 0.15) is 5.03 Å². The number of hydrazone groups is 1. The van der Waals surface area contributed by atoms with Crippen LogP contribution in [0.4, 0.5) is 5.69 Å². The van der Waals surface area contributed by atoms with Crippen LogP contribution in [0.1, 0.15) is 5.56 Å². The van der Waals surface area contributed by atoms with Crippen LogP contribution >= 0.6 is 11.9 Å². The third-order valence-corrected chi connectivity index (χ3v) is 2.97. The molecule has 0 aliphatic carbocycles. The summed E-state index contributed by atoms with van der Waals surface area (Å²) in [6.07, 6.45) is 1.45. The first-order valence-corrected chi connectivity index (χ1v) is 6.11. The van der Waals surface area contributed by atoms with Gasteiger partial charge >= 0.3 is 0 Å². The smallest absolute Gasteiger partial charge is 0.269 e. The average molecular weight is 293 g/mol. The third kappa shape index (κ3) is 3.24. The number of hydrogen-bond acceptors (Lipinski definition) is 9. The van der Waals surface area contributed by atoms with Gasteiger partial charge in [0, 0.05) is 18.0 Å². The molecule has 104 valence electrons. The van der Waals surface area contributed by atoms with Crippen LogP contribution in [0.25, 0.3) is 0 Å². The van der Waals surface area contributed by atoms with E-state index >= 15 is 0 Å². The molecule has 0 fully saturated rings. The van der Waals surface area contributed by atoms with E-state index in [9.17, 15) is 15.2 Å². The normalized spacial score (nSPS) is 14.4. The van der Waals surface area contributed by atoms with Gasteiger partial charge in [-0.2, -0.15) is 9.93 Å². The summed E-state index contributed by atoms with van der Waals surface area (Å²) in [5, 5.41) is 32.7. The van der Waals surface area contributed by atoms with Crippen molar-refractivity contribution in [2.24, 2.45) is 5.10 Å². The molecule has 0 spiro atoms. The first-order valence-electron chi connectivity index (χ1n) is 5.29. The van der Waals surface area contributed by atoms with Crippen LogP contribution < -0.4 is 20.8 Å². The molecule has 0 amide bonds. The van der Waals surface area contributed by atoms with Gasteiger partial charge in [0.05, 0.1) is 16.8 Å². The highest BCUT2D eigenvalue weighted by Crippen LogP contribution is 2.16. The molecule has 2 rings (SSSR count). The second-order valence-corrected chi connectivity index (χ2v) is 4.40. The van der Waals surface area contributed by atoms with Crippen molar-refractivity contribution in [3.8, 4) is 0 Å². The second-order valence-electron chi connectivity index (χ2n) is 3.58. The number of nitro benzene ring substituents is 1. The molecule has 20 heavy (non-hydrogen) atoms. The molecule has 0 saturated heterocycles. The SMILES string of the molecule is N=C([O-])C1=C(N/N=C/c2ccc([N+](=O)[O-])cc2)SNN1. The van der Waals surface area contributed by atoms with Crippen molar-refractivity contribution in [3.63, 3.8) is 0 Å². The number of non-ortho nitro benzene ring substituents is 1. The van der Waals surface area contributed by atoms with Crippen LogP contribution in [0.3, 0.4) is 0 Å². The van der Waals surface area contributed by atoms with E-state index in [1.54, 1.807) is 12.1 Å². The lowest BCUT2D eigenvalue weighted by atomic mass is 10.2. The Morgan fingerprint density at radius 3 is 2.75 bits per heavy atom. The van der Waals surface area contributed by atoms with Crippen LogP contribution in [0.2, 0.25) is 0 Å². The van der Waals surface area contributed by atoms with E-state index < -0.39 is 10.8 Å². The zero-order valence-electron chi connectivity index (χ0n) is 9.91. The molecule has 1 aromatic rings. The highest BCUT2D eigenvalue weighted by Gasteiger charge is 2.13. The van der Waals surface area contributed by atoms with E-state index in [1.165, 1.54) is 18.3 Å². The van der Waals surface area contributed by atoms with Gasteiger partial charge < -0.3 is 15.9 Å². The van der Waals surface area contributed by atoms with Gasteiger partial charge in [-0.1, -0.05) is 0 Å². The van der Waals surface area contributed by atoms with Crippen LogP contribution in [0.5, 0.6) is 0 Å². The summed E-state index contributed by atoms with van der Waals surface area (Å²) in [6.45, 7) is 0. The summed E-state index contributed by atoms with van der Waals surface area (Å²) in [4.78, 5) is 12.6. The Morgan fingerprint density at radius 1 is 1.45 bits per heavy atom. The molecule has 0 unspecified atom stereocenters. The first kappa shape index (κ1) is 13.8. The lowest BCUT2D eigenvalue weighted by molar-refractivity contribution is -0.384. The molecule has 1 aliphatic rings. The molecular weight excluding hydrogens is 284 g/mol. The maximum atomic E-state index is 10.9. The molecule has 1 heterocycles. The molecule has 10 heteroatoms. The standard InChI is InChI=1S/C10H10N6O3S/c11-9(17)8-10(20-15-13-8)14-12-5-6-1-3-7(4-2-6)16(18)19/h1-5,13-15H,(H2,11,17)/p-1/b12-5+. The molecule has 0 saturated carbocycles. The van der Waals surface area contributed by atoms with Gasteiger partial charge in [-0.15, -0.1) is 0 Å². The lowest BCUT2D eigenvalue weighted by Gasteiger charge is -2.09.